The van der Waals surface area contributed by atoms with Crippen LogP contribution in [-0.4, -0.2) is 49.3 Å². The SMILES string of the molecule is COCCNC(=O)C(=O)NCC1(O)CCc2ccccc2C1. The van der Waals surface area contributed by atoms with Crippen molar-refractivity contribution in [2.75, 3.05) is 26.8 Å². The molecule has 0 aliphatic heterocycles. The summed E-state index contributed by atoms with van der Waals surface area (Å²) in [5, 5.41) is 15.5. The highest BCUT2D eigenvalue weighted by molar-refractivity contribution is 6.35. The first-order chi connectivity index (χ1) is 10.5. The van der Waals surface area contributed by atoms with E-state index in [-0.39, 0.29) is 13.1 Å². The number of carbonyl (C=O) groups is 2. The van der Waals surface area contributed by atoms with Gasteiger partial charge in [0.05, 0.1) is 12.2 Å². The number of fused-ring (bicyclic) bond motifs is 1. The van der Waals surface area contributed by atoms with Crippen LogP contribution in [0.15, 0.2) is 24.3 Å². The van der Waals surface area contributed by atoms with Gasteiger partial charge >= 0.3 is 11.8 Å². The molecule has 1 unspecified atom stereocenters. The molecule has 120 valence electrons. The molecule has 6 nitrogen and oxygen atoms in total. The van der Waals surface area contributed by atoms with E-state index in [2.05, 4.69) is 16.7 Å². The van der Waals surface area contributed by atoms with Gasteiger partial charge in [-0.2, -0.15) is 0 Å². The van der Waals surface area contributed by atoms with Crippen molar-refractivity contribution in [1.29, 1.82) is 0 Å². The van der Waals surface area contributed by atoms with Gasteiger partial charge in [-0.1, -0.05) is 24.3 Å². The van der Waals surface area contributed by atoms with Crippen LogP contribution in [-0.2, 0) is 27.2 Å². The highest BCUT2D eigenvalue weighted by atomic mass is 16.5. The van der Waals surface area contributed by atoms with Crippen LogP contribution in [0.5, 0.6) is 0 Å². The third kappa shape index (κ3) is 4.29. The summed E-state index contributed by atoms with van der Waals surface area (Å²) < 4.78 is 4.79. The van der Waals surface area contributed by atoms with Gasteiger partial charge in [-0.05, 0) is 24.0 Å². The van der Waals surface area contributed by atoms with Crippen LogP contribution in [0.2, 0.25) is 0 Å². The number of hydrogen-bond acceptors (Lipinski definition) is 4. The van der Waals surface area contributed by atoms with Gasteiger partial charge in [0.2, 0.25) is 0 Å². The third-order valence-electron chi connectivity index (χ3n) is 3.87. The van der Waals surface area contributed by atoms with Crippen molar-refractivity contribution in [3.63, 3.8) is 0 Å². The number of methoxy groups -OCH3 is 1. The van der Waals surface area contributed by atoms with E-state index in [1.165, 1.54) is 12.7 Å². The Labute approximate surface area is 129 Å². The Morgan fingerprint density at radius 3 is 2.64 bits per heavy atom. The number of hydrogen-bond donors (Lipinski definition) is 3. The molecule has 1 aliphatic rings. The highest BCUT2D eigenvalue weighted by Crippen LogP contribution is 2.28. The monoisotopic (exact) mass is 306 g/mol. The van der Waals surface area contributed by atoms with E-state index in [4.69, 9.17) is 4.74 Å². The van der Waals surface area contributed by atoms with Crippen molar-refractivity contribution >= 4 is 11.8 Å². The number of aryl methyl sites for hydroxylation is 1. The van der Waals surface area contributed by atoms with E-state index in [9.17, 15) is 14.7 Å². The second kappa shape index (κ2) is 7.38. The Kier molecular flexibility index (Phi) is 5.51. The fraction of sp³-hybridized carbons (Fsp3) is 0.500. The molecule has 0 radical (unpaired) electrons. The molecule has 0 spiro atoms. The van der Waals surface area contributed by atoms with Gasteiger partial charge < -0.3 is 20.5 Å². The summed E-state index contributed by atoms with van der Waals surface area (Å²) in [5.74, 6) is -1.44. The fourth-order valence-corrected chi connectivity index (χ4v) is 2.61. The van der Waals surface area contributed by atoms with Crippen LogP contribution in [0.4, 0.5) is 0 Å². The predicted octanol–water partition coefficient (Wildman–Crippen LogP) is -0.215. The number of ether oxygens (including phenoxy) is 1. The molecule has 0 bridgehead atoms. The van der Waals surface area contributed by atoms with Gasteiger partial charge in [-0.25, -0.2) is 0 Å². The van der Waals surface area contributed by atoms with Crippen molar-refractivity contribution < 1.29 is 19.4 Å². The number of amides is 2. The number of nitrogens with one attached hydrogen (secondary N) is 2. The molecule has 1 atom stereocenters. The first-order valence-electron chi connectivity index (χ1n) is 7.38. The summed E-state index contributed by atoms with van der Waals surface area (Å²) in [6.07, 6.45) is 1.81. The van der Waals surface area contributed by atoms with Crippen molar-refractivity contribution in [3.8, 4) is 0 Å². The first kappa shape index (κ1) is 16.5. The quantitative estimate of drug-likeness (QED) is 0.519. The van der Waals surface area contributed by atoms with Crippen LogP contribution < -0.4 is 10.6 Å². The summed E-state index contributed by atoms with van der Waals surface area (Å²) in [7, 11) is 1.52. The maximum atomic E-state index is 11.7. The molecule has 0 aromatic heterocycles. The molecule has 0 heterocycles. The molecule has 0 saturated carbocycles. The van der Waals surface area contributed by atoms with E-state index >= 15 is 0 Å². The molecular formula is C16H22N2O4. The zero-order chi connectivity index (χ0) is 16.0. The zero-order valence-corrected chi connectivity index (χ0v) is 12.7. The lowest BCUT2D eigenvalue weighted by Crippen LogP contribution is -2.50. The molecule has 2 rings (SSSR count). The Morgan fingerprint density at radius 1 is 1.23 bits per heavy atom. The number of carbonyl (C=O) groups excluding carboxylic acids is 2. The largest absolute Gasteiger partial charge is 0.388 e. The number of rotatable bonds is 5. The van der Waals surface area contributed by atoms with Gasteiger partial charge in [0.15, 0.2) is 0 Å². The molecule has 2 amide bonds. The smallest absolute Gasteiger partial charge is 0.309 e. The standard InChI is InChI=1S/C16H22N2O4/c1-22-9-8-17-14(19)15(20)18-11-16(21)7-6-12-4-2-3-5-13(12)10-16/h2-5,21H,6-11H2,1H3,(H,17,19)(H,18,20). The van der Waals surface area contributed by atoms with Gasteiger partial charge in [-0.15, -0.1) is 0 Å². The summed E-state index contributed by atoms with van der Waals surface area (Å²) in [5.41, 5.74) is 1.32. The van der Waals surface area contributed by atoms with Crippen molar-refractivity contribution in [2.24, 2.45) is 0 Å². The Morgan fingerprint density at radius 2 is 1.91 bits per heavy atom. The second-order valence-corrected chi connectivity index (χ2v) is 5.60. The van der Waals surface area contributed by atoms with Crippen LogP contribution >= 0.6 is 0 Å². The fourth-order valence-electron chi connectivity index (χ4n) is 2.61. The van der Waals surface area contributed by atoms with E-state index in [0.29, 0.717) is 19.4 Å². The zero-order valence-electron chi connectivity index (χ0n) is 12.7. The number of aliphatic hydroxyl groups is 1. The van der Waals surface area contributed by atoms with Gasteiger partial charge in [0.25, 0.3) is 0 Å². The van der Waals surface area contributed by atoms with Crippen molar-refractivity contribution in [2.45, 2.75) is 24.9 Å². The van der Waals surface area contributed by atoms with E-state index in [1.54, 1.807) is 0 Å². The van der Waals surface area contributed by atoms with Gasteiger partial charge in [-0.3, -0.25) is 9.59 Å². The highest BCUT2D eigenvalue weighted by Gasteiger charge is 2.32. The van der Waals surface area contributed by atoms with E-state index in [1.807, 2.05) is 18.2 Å². The molecule has 0 saturated heterocycles. The average Bonchev–Trinajstić information content (AvgIpc) is 2.52. The second-order valence-electron chi connectivity index (χ2n) is 5.60. The normalized spacial score (nSPS) is 20.1. The Hall–Kier alpha value is -1.92. The average molecular weight is 306 g/mol. The lowest BCUT2D eigenvalue weighted by atomic mass is 9.80. The Balaban J connectivity index is 1.84. The predicted molar refractivity (Wildman–Crippen MR) is 81.3 cm³/mol. The molecule has 1 aromatic carbocycles. The van der Waals surface area contributed by atoms with Crippen molar-refractivity contribution in [1.82, 2.24) is 10.6 Å². The minimum absolute atomic E-state index is 0.0673. The molecule has 3 N–H and O–H groups in total. The van der Waals surface area contributed by atoms with E-state index < -0.39 is 17.4 Å². The third-order valence-corrected chi connectivity index (χ3v) is 3.87. The van der Waals surface area contributed by atoms with E-state index in [0.717, 1.165) is 12.0 Å². The number of benzene rings is 1. The maximum Gasteiger partial charge on any atom is 0.309 e. The lowest BCUT2D eigenvalue weighted by molar-refractivity contribution is -0.140. The van der Waals surface area contributed by atoms with Crippen LogP contribution in [0, 0.1) is 0 Å². The van der Waals surface area contributed by atoms with Crippen LogP contribution in [0.1, 0.15) is 17.5 Å². The van der Waals surface area contributed by atoms with Crippen LogP contribution in [0.25, 0.3) is 0 Å². The topological polar surface area (TPSA) is 87.7 Å². The molecule has 6 heteroatoms. The molecule has 0 fully saturated rings. The van der Waals surface area contributed by atoms with Gasteiger partial charge in [0, 0.05) is 26.6 Å². The molecule has 1 aliphatic carbocycles. The summed E-state index contributed by atoms with van der Waals surface area (Å²) >= 11 is 0. The lowest BCUT2D eigenvalue weighted by Gasteiger charge is -2.33. The van der Waals surface area contributed by atoms with Crippen LogP contribution in [0.3, 0.4) is 0 Å². The Bertz CT molecular complexity index is 547. The molecule has 1 aromatic rings. The van der Waals surface area contributed by atoms with Crippen molar-refractivity contribution in [3.05, 3.63) is 35.4 Å². The summed E-state index contributed by atoms with van der Waals surface area (Å²) in [6, 6.07) is 7.96. The maximum absolute atomic E-state index is 11.7. The molecular weight excluding hydrogens is 284 g/mol. The minimum atomic E-state index is -1.00. The first-order valence-corrected chi connectivity index (χ1v) is 7.38. The summed E-state index contributed by atoms with van der Waals surface area (Å²) in [4.78, 5) is 23.2. The minimum Gasteiger partial charge on any atom is -0.388 e. The van der Waals surface area contributed by atoms with Gasteiger partial charge in [0.1, 0.15) is 0 Å². The summed E-state index contributed by atoms with van der Waals surface area (Å²) in [6.45, 7) is 0.692. The molecule has 22 heavy (non-hydrogen) atoms.